The highest BCUT2D eigenvalue weighted by Gasteiger charge is 2.30. The van der Waals surface area contributed by atoms with Crippen molar-refractivity contribution in [1.29, 1.82) is 0 Å². The predicted molar refractivity (Wildman–Crippen MR) is 129 cm³/mol. The smallest absolute Gasteiger partial charge is 0.266 e. The highest BCUT2D eigenvalue weighted by Crippen LogP contribution is 2.36. The van der Waals surface area contributed by atoms with Gasteiger partial charge >= 0.3 is 0 Å². The zero-order chi connectivity index (χ0) is 22.7. The van der Waals surface area contributed by atoms with Crippen molar-refractivity contribution in [3.63, 3.8) is 0 Å². The van der Waals surface area contributed by atoms with Gasteiger partial charge in [-0.25, -0.2) is 4.68 Å². The summed E-state index contributed by atoms with van der Waals surface area (Å²) in [6, 6.07) is 22.9. The van der Waals surface area contributed by atoms with E-state index in [1.165, 1.54) is 10.7 Å². The average molecular weight is 442 g/mol. The number of nitrogens with zero attached hydrogens (tertiary/aromatic N) is 3. The number of para-hydroxylation sites is 1. The van der Waals surface area contributed by atoms with Gasteiger partial charge in [0.1, 0.15) is 11.5 Å². The minimum atomic E-state index is -0.891. The second-order valence-corrected chi connectivity index (χ2v) is 8.68. The van der Waals surface area contributed by atoms with E-state index in [9.17, 15) is 9.90 Å². The van der Waals surface area contributed by atoms with Gasteiger partial charge in [0.15, 0.2) is 0 Å². The zero-order valence-electron chi connectivity index (χ0n) is 18.4. The average Bonchev–Trinajstić information content (AvgIpc) is 3.25. The minimum Gasteiger partial charge on any atom is -0.388 e. The Labute approximate surface area is 192 Å². The first kappa shape index (κ1) is 21.2. The normalized spacial score (nSPS) is 15.3. The Balaban J connectivity index is 1.58. The minimum absolute atomic E-state index is 0.194. The molecule has 0 unspecified atom stereocenters. The lowest BCUT2D eigenvalue weighted by Gasteiger charge is -2.32. The maximum atomic E-state index is 12.6. The molecular weight excluding hydrogens is 414 g/mol. The van der Waals surface area contributed by atoms with Crippen molar-refractivity contribution in [1.82, 2.24) is 20.0 Å². The molecule has 1 aliphatic carbocycles. The summed E-state index contributed by atoms with van der Waals surface area (Å²) < 4.78 is 1.40. The number of anilines is 2. The molecule has 0 spiro atoms. The Morgan fingerprint density at radius 2 is 1.64 bits per heavy atom. The molecule has 1 saturated carbocycles. The van der Waals surface area contributed by atoms with Crippen LogP contribution in [0.2, 0.25) is 0 Å². The number of aromatic amines is 1. The molecule has 2 aromatic heterocycles. The van der Waals surface area contributed by atoms with Crippen LogP contribution < -0.4 is 10.9 Å². The molecule has 1 aliphatic rings. The van der Waals surface area contributed by atoms with Gasteiger partial charge in [-0.3, -0.25) is 9.89 Å². The molecule has 7 heteroatoms. The summed E-state index contributed by atoms with van der Waals surface area (Å²) >= 11 is 0. The van der Waals surface area contributed by atoms with Crippen molar-refractivity contribution in [3.05, 3.63) is 83.2 Å². The maximum absolute atomic E-state index is 12.6. The van der Waals surface area contributed by atoms with Crippen LogP contribution in [0.3, 0.4) is 0 Å². The van der Waals surface area contributed by atoms with Gasteiger partial charge in [0.05, 0.1) is 23.4 Å². The van der Waals surface area contributed by atoms with Crippen molar-refractivity contribution < 1.29 is 5.11 Å². The van der Waals surface area contributed by atoms with E-state index in [1.807, 2.05) is 60.7 Å². The van der Waals surface area contributed by atoms with Gasteiger partial charge in [-0.05, 0) is 31.0 Å². The van der Waals surface area contributed by atoms with Gasteiger partial charge in [0.2, 0.25) is 0 Å². The molecule has 0 atom stereocenters. The summed E-state index contributed by atoms with van der Waals surface area (Å²) in [6.07, 6.45) is 4.43. The van der Waals surface area contributed by atoms with Gasteiger partial charge in [-0.2, -0.15) is 10.2 Å². The molecule has 2 heterocycles. The molecule has 33 heavy (non-hydrogen) atoms. The largest absolute Gasteiger partial charge is 0.388 e. The maximum Gasteiger partial charge on any atom is 0.266 e. The van der Waals surface area contributed by atoms with Gasteiger partial charge in [-0.1, -0.05) is 67.8 Å². The number of rotatable bonds is 6. The van der Waals surface area contributed by atoms with E-state index in [-0.39, 0.29) is 12.1 Å². The monoisotopic (exact) mass is 441 g/mol. The van der Waals surface area contributed by atoms with E-state index in [2.05, 4.69) is 20.6 Å². The SMILES string of the molecule is O=c1ccc(-c2c(-c3ccccc3)n[nH]c2Nc2ccccc2)nn1CC1(O)CCCCC1. The fourth-order valence-corrected chi connectivity index (χ4v) is 4.49. The predicted octanol–water partition coefficient (Wildman–Crippen LogP) is 4.74. The van der Waals surface area contributed by atoms with Crippen LogP contribution >= 0.6 is 0 Å². The lowest BCUT2D eigenvalue weighted by molar-refractivity contribution is -0.0153. The van der Waals surface area contributed by atoms with Gasteiger partial charge in [-0.15, -0.1) is 0 Å². The highest BCUT2D eigenvalue weighted by atomic mass is 16.3. The van der Waals surface area contributed by atoms with Crippen LogP contribution in [0.25, 0.3) is 22.5 Å². The molecule has 0 saturated heterocycles. The van der Waals surface area contributed by atoms with E-state index in [0.29, 0.717) is 24.4 Å². The van der Waals surface area contributed by atoms with Crippen LogP contribution in [-0.2, 0) is 6.54 Å². The van der Waals surface area contributed by atoms with Crippen LogP contribution in [-0.4, -0.2) is 30.7 Å². The number of hydrogen-bond acceptors (Lipinski definition) is 5. The number of aliphatic hydroxyl groups is 1. The summed E-state index contributed by atoms with van der Waals surface area (Å²) in [7, 11) is 0. The van der Waals surface area contributed by atoms with E-state index in [0.717, 1.165) is 41.8 Å². The summed E-state index contributed by atoms with van der Waals surface area (Å²) in [5.74, 6) is 0.689. The molecule has 1 fully saturated rings. The van der Waals surface area contributed by atoms with Crippen molar-refractivity contribution in [2.45, 2.75) is 44.2 Å². The quantitative estimate of drug-likeness (QED) is 0.402. The third-order valence-electron chi connectivity index (χ3n) is 6.21. The van der Waals surface area contributed by atoms with Crippen LogP contribution in [0.1, 0.15) is 32.1 Å². The van der Waals surface area contributed by atoms with Gasteiger partial charge in [0, 0.05) is 17.3 Å². The molecule has 3 N–H and O–H groups in total. The van der Waals surface area contributed by atoms with Crippen molar-refractivity contribution in [2.75, 3.05) is 5.32 Å². The number of nitrogens with one attached hydrogen (secondary N) is 2. The third-order valence-corrected chi connectivity index (χ3v) is 6.21. The van der Waals surface area contributed by atoms with E-state index >= 15 is 0 Å². The van der Waals surface area contributed by atoms with Crippen LogP contribution in [0.4, 0.5) is 11.5 Å². The Bertz CT molecular complexity index is 1280. The molecule has 5 rings (SSSR count). The number of benzene rings is 2. The first-order valence-corrected chi connectivity index (χ1v) is 11.4. The third kappa shape index (κ3) is 4.59. The lowest BCUT2D eigenvalue weighted by atomic mass is 9.85. The number of H-pyrrole nitrogens is 1. The fraction of sp³-hybridized carbons (Fsp3) is 0.269. The Hall–Kier alpha value is -3.71. The molecule has 7 nitrogen and oxygen atoms in total. The van der Waals surface area contributed by atoms with Crippen molar-refractivity contribution in [2.24, 2.45) is 0 Å². The van der Waals surface area contributed by atoms with Gasteiger partial charge in [0.25, 0.3) is 5.56 Å². The highest BCUT2D eigenvalue weighted by molar-refractivity contribution is 5.88. The topological polar surface area (TPSA) is 95.8 Å². The molecule has 0 amide bonds. The standard InChI is InChI=1S/C26H27N5O2/c32-22-15-14-21(30-31(22)18-26(33)16-8-3-9-17-26)23-24(19-10-4-1-5-11-19)28-29-25(23)27-20-12-6-2-7-13-20/h1-2,4-7,10-15,33H,3,8-9,16-18H2,(H2,27,28,29). The summed E-state index contributed by atoms with van der Waals surface area (Å²) in [4.78, 5) is 12.6. The fourth-order valence-electron chi connectivity index (χ4n) is 4.49. The van der Waals surface area contributed by atoms with Gasteiger partial charge < -0.3 is 10.4 Å². The van der Waals surface area contributed by atoms with Crippen molar-refractivity contribution in [3.8, 4) is 22.5 Å². The van der Waals surface area contributed by atoms with Crippen molar-refractivity contribution >= 4 is 11.5 Å². The van der Waals surface area contributed by atoms with E-state index in [1.54, 1.807) is 6.07 Å². The summed E-state index contributed by atoms with van der Waals surface area (Å²) in [5, 5.41) is 26.8. The Morgan fingerprint density at radius 3 is 2.36 bits per heavy atom. The second kappa shape index (κ2) is 9.03. The van der Waals surface area contributed by atoms with E-state index in [4.69, 9.17) is 0 Å². The Kier molecular flexibility index (Phi) is 5.79. The van der Waals surface area contributed by atoms with Crippen LogP contribution in [0, 0.1) is 0 Å². The molecular formula is C26H27N5O2. The molecule has 0 radical (unpaired) electrons. The summed E-state index contributed by atoms with van der Waals surface area (Å²) in [5.41, 5.74) is 2.86. The lowest BCUT2D eigenvalue weighted by Crippen LogP contribution is -2.40. The molecule has 2 aromatic carbocycles. The van der Waals surface area contributed by atoms with Crippen LogP contribution in [0.5, 0.6) is 0 Å². The van der Waals surface area contributed by atoms with Crippen LogP contribution in [0.15, 0.2) is 77.6 Å². The molecule has 168 valence electrons. The zero-order valence-corrected chi connectivity index (χ0v) is 18.4. The number of aromatic nitrogens is 4. The molecule has 0 aliphatic heterocycles. The first-order chi connectivity index (χ1) is 16.1. The molecule has 0 bridgehead atoms. The Morgan fingerprint density at radius 1 is 0.939 bits per heavy atom. The first-order valence-electron chi connectivity index (χ1n) is 11.4. The molecule has 4 aromatic rings. The summed E-state index contributed by atoms with van der Waals surface area (Å²) in [6.45, 7) is 0.194. The number of hydrogen-bond donors (Lipinski definition) is 3. The second-order valence-electron chi connectivity index (χ2n) is 8.68. The van der Waals surface area contributed by atoms with E-state index < -0.39 is 5.60 Å².